The second-order valence-electron chi connectivity index (χ2n) is 5.96. The molecule has 2 aromatic heterocycles. The number of carbonyl (C=O) groups excluding carboxylic acids is 1. The fourth-order valence-electron chi connectivity index (χ4n) is 3.19. The standard InChI is InChI=1S/C18H16N6O/c19-12-13-6-8-14(9-7-13)20-18(25)23-11-3-4-15(23)17-22-21-16-5-1-2-10-24(16)17/h1-2,5-10,15H,3-4,11H2,(H,20,25)/t15-/m1/s1. The molecule has 0 radical (unpaired) electrons. The van der Waals surface area contributed by atoms with Gasteiger partial charge in [-0.15, -0.1) is 10.2 Å². The highest BCUT2D eigenvalue weighted by Gasteiger charge is 2.33. The van der Waals surface area contributed by atoms with E-state index in [2.05, 4.69) is 21.6 Å². The molecule has 7 nitrogen and oxygen atoms in total. The molecular weight excluding hydrogens is 316 g/mol. The molecule has 4 rings (SSSR count). The number of nitriles is 1. The summed E-state index contributed by atoms with van der Waals surface area (Å²) in [6, 6.07) is 14.4. The predicted octanol–water partition coefficient (Wildman–Crippen LogP) is 2.97. The first-order valence-corrected chi connectivity index (χ1v) is 8.14. The second kappa shape index (κ2) is 6.24. The maximum Gasteiger partial charge on any atom is 0.322 e. The topological polar surface area (TPSA) is 86.3 Å². The van der Waals surface area contributed by atoms with Crippen LogP contribution in [0.25, 0.3) is 5.65 Å². The van der Waals surface area contributed by atoms with Crippen LogP contribution in [-0.2, 0) is 0 Å². The van der Waals surface area contributed by atoms with Gasteiger partial charge in [0.15, 0.2) is 11.5 Å². The van der Waals surface area contributed by atoms with Crippen molar-refractivity contribution in [1.82, 2.24) is 19.5 Å². The predicted molar refractivity (Wildman–Crippen MR) is 91.8 cm³/mol. The SMILES string of the molecule is N#Cc1ccc(NC(=O)N2CCC[C@@H]2c2nnc3ccccn23)cc1. The van der Waals surface area contributed by atoms with Crippen molar-refractivity contribution in [1.29, 1.82) is 5.26 Å². The highest BCUT2D eigenvalue weighted by Crippen LogP contribution is 2.31. The number of nitrogens with zero attached hydrogens (tertiary/aromatic N) is 5. The summed E-state index contributed by atoms with van der Waals surface area (Å²) >= 11 is 0. The van der Waals surface area contributed by atoms with Gasteiger partial charge in [-0.25, -0.2) is 4.79 Å². The van der Waals surface area contributed by atoms with Gasteiger partial charge in [-0.05, 0) is 49.2 Å². The Morgan fingerprint density at radius 1 is 1.20 bits per heavy atom. The lowest BCUT2D eigenvalue weighted by molar-refractivity contribution is 0.204. The third kappa shape index (κ3) is 2.78. The zero-order valence-electron chi connectivity index (χ0n) is 13.5. The fraction of sp³-hybridized carbons (Fsp3) is 0.222. The largest absolute Gasteiger partial charge is 0.322 e. The molecule has 1 N–H and O–H groups in total. The molecule has 7 heteroatoms. The smallest absolute Gasteiger partial charge is 0.314 e. The maximum absolute atomic E-state index is 12.7. The molecule has 0 aliphatic carbocycles. The monoisotopic (exact) mass is 332 g/mol. The van der Waals surface area contributed by atoms with E-state index >= 15 is 0 Å². The number of rotatable bonds is 2. The van der Waals surface area contributed by atoms with Gasteiger partial charge in [-0.1, -0.05) is 6.07 Å². The molecule has 1 aliphatic heterocycles. The number of pyridine rings is 1. The Hall–Kier alpha value is -3.40. The van der Waals surface area contributed by atoms with Crippen LogP contribution in [0, 0.1) is 11.3 Å². The van der Waals surface area contributed by atoms with E-state index in [-0.39, 0.29) is 12.1 Å². The first-order chi connectivity index (χ1) is 12.3. The summed E-state index contributed by atoms with van der Waals surface area (Å²) in [5.41, 5.74) is 2.00. The maximum atomic E-state index is 12.7. The van der Waals surface area contributed by atoms with Crippen LogP contribution in [0.4, 0.5) is 10.5 Å². The first kappa shape index (κ1) is 15.1. The summed E-state index contributed by atoms with van der Waals surface area (Å²) in [5.74, 6) is 0.781. The summed E-state index contributed by atoms with van der Waals surface area (Å²) < 4.78 is 1.93. The van der Waals surface area contributed by atoms with E-state index in [0.717, 1.165) is 24.3 Å². The molecular formula is C18H16N6O. The minimum atomic E-state index is -0.167. The molecule has 1 aliphatic rings. The van der Waals surface area contributed by atoms with Crippen molar-refractivity contribution in [2.75, 3.05) is 11.9 Å². The van der Waals surface area contributed by atoms with Crippen LogP contribution in [-0.4, -0.2) is 32.1 Å². The summed E-state index contributed by atoms with van der Waals surface area (Å²) in [6.45, 7) is 0.675. The Kier molecular flexibility index (Phi) is 3.78. The number of urea groups is 1. The Balaban J connectivity index is 1.56. The van der Waals surface area contributed by atoms with Crippen molar-refractivity contribution < 1.29 is 4.79 Å². The number of aromatic nitrogens is 3. The Labute approximate surface area is 144 Å². The lowest BCUT2D eigenvalue weighted by atomic mass is 10.2. The zero-order valence-corrected chi connectivity index (χ0v) is 13.5. The van der Waals surface area contributed by atoms with Crippen LogP contribution in [0.15, 0.2) is 48.7 Å². The summed E-state index contributed by atoms with van der Waals surface area (Å²) in [6.07, 6.45) is 3.70. The molecule has 25 heavy (non-hydrogen) atoms. The highest BCUT2D eigenvalue weighted by atomic mass is 16.2. The molecule has 1 saturated heterocycles. The molecule has 1 fully saturated rings. The van der Waals surface area contributed by atoms with Gasteiger partial charge in [0.25, 0.3) is 0 Å². The number of hydrogen-bond acceptors (Lipinski definition) is 4. The van der Waals surface area contributed by atoms with E-state index in [1.807, 2.05) is 28.8 Å². The van der Waals surface area contributed by atoms with Crippen LogP contribution in [0.5, 0.6) is 0 Å². The number of anilines is 1. The van der Waals surface area contributed by atoms with E-state index in [1.54, 1.807) is 29.2 Å². The van der Waals surface area contributed by atoms with Gasteiger partial charge in [0.1, 0.15) is 0 Å². The minimum Gasteiger partial charge on any atom is -0.314 e. The van der Waals surface area contributed by atoms with Crippen molar-refractivity contribution in [3.05, 3.63) is 60.0 Å². The highest BCUT2D eigenvalue weighted by molar-refractivity contribution is 5.89. The first-order valence-electron chi connectivity index (χ1n) is 8.14. The van der Waals surface area contributed by atoms with E-state index in [0.29, 0.717) is 17.8 Å². The lowest BCUT2D eigenvalue weighted by Gasteiger charge is -2.23. The van der Waals surface area contributed by atoms with Crippen molar-refractivity contribution in [2.24, 2.45) is 0 Å². The van der Waals surface area contributed by atoms with Gasteiger partial charge in [0, 0.05) is 18.4 Å². The molecule has 124 valence electrons. The third-order valence-corrected chi connectivity index (χ3v) is 4.42. The summed E-state index contributed by atoms with van der Waals surface area (Å²) in [5, 5.41) is 20.2. The summed E-state index contributed by atoms with van der Waals surface area (Å²) in [7, 11) is 0. The zero-order chi connectivity index (χ0) is 17.2. The van der Waals surface area contributed by atoms with E-state index < -0.39 is 0 Å². The van der Waals surface area contributed by atoms with Crippen molar-refractivity contribution in [2.45, 2.75) is 18.9 Å². The van der Waals surface area contributed by atoms with Gasteiger partial charge in [-0.2, -0.15) is 5.26 Å². The number of likely N-dealkylation sites (tertiary alicyclic amines) is 1. The van der Waals surface area contributed by atoms with E-state index in [1.165, 1.54) is 0 Å². The van der Waals surface area contributed by atoms with Gasteiger partial charge < -0.3 is 10.2 Å². The van der Waals surface area contributed by atoms with Crippen molar-refractivity contribution in [3.8, 4) is 6.07 Å². The number of benzene rings is 1. The second-order valence-corrected chi connectivity index (χ2v) is 5.96. The molecule has 1 aromatic carbocycles. The number of nitrogens with one attached hydrogen (secondary N) is 1. The minimum absolute atomic E-state index is 0.101. The van der Waals surface area contributed by atoms with Crippen molar-refractivity contribution in [3.63, 3.8) is 0 Å². The molecule has 0 bridgehead atoms. The average molecular weight is 332 g/mol. The Bertz CT molecular complexity index is 956. The van der Waals surface area contributed by atoms with Crippen LogP contribution in [0.2, 0.25) is 0 Å². The van der Waals surface area contributed by atoms with Gasteiger partial charge in [0.05, 0.1) is 17.7 Å². The van der Waals surface area contributed by atoms with E-state index in [4.69, 9.17) is 5.26 Å². The van der Waals surface area contributed by atoms with Gasteiger partial charge in [0.2, 0.25) is 0 Å². The molecule has 1 atom stereocenters. The molecule has 2 amide bonds. The van der Waals surface area contributed by atoms with Gasteiger partial charge >= 0.3 is 6.03 Å². The van der Waals surface area contributed by atoms with Gasteiger partial charge in [-0.3, -0.25) is 4.40 Å². The van der Waals surface area contributed by atoms with Crippen LogP contribution in [0.3, 0.4) is 0 Å². The number of amides is 2. The Morgan fingerprint density at radius 2 is 2.04 bits per heavy atom. The Morgan fingerprint density at radius 3 is 2.84 bits per heavy atom. The number of fused-ring (bicyclic) bond motifs is 1. The number of carbonyl (C=O) groups is 1. The molecule has 3 heterocycles. The van der Waals surface area contributed by atoms with Crippen LogP contribution >= 0.6 is 0 Å². The number of hydrogen-bond donors (Lipinski definition) is 1. The van der Waals surface area contributed by atoms with Crippen molar-refractivity contribution >= 4 is 17.4 Å². The van der Waals surface area contributed by atoms with Crippen LogP contribution in [0.1, 0.15) is 30.3 Å². The molecule has 0 spiro atoms. The third-order valence-electron chi connectivity index (χ3n) is 4.42. The normalized spacial score (nSPS) is 16.8. The van der Waals surface area contributed by atoms with E-state index in [9.17, 15) is 4.79 Å². The lowest BCUT2D eigenvalue weighted by Crippen LogP contribution is -2.35. The quantitative estimate of drug-likeness (QED) is 0.781. The van der Waals surface area contributed by atoms with Crippen LogP contribution < -0.4 is 5.32 Å². The fourth-order valence-corrected chi connectivity index (χ4v) is 3.19. The summed E-state index contributed by atoms with van der Waals surface area (Å²) in [4.78, 5) is 14.5. The molecule has 3 aromatic rings. The average Bonchev–Trinajstić information content (AvgIpc) is 3.29. The molecule has 0 saturated carbocycles. The molecule has 0 unspecified atom stereocenters.